The Labute approximate surface area is 135 Å². The molecular weight excluding hydrogens is 336 g/mol. The predicted molar refractivity (Wildman–Crippen MR) is 85.2 cm³/mol. The minimum absolute atomic E-state index is 0.0543. The third kappa shape index (κ3) is 2.39. The maximum atomic E-state index is 13.1. The van der Waals surface area contributed by atoms with Crippen molar-refractivity contribution in [3.63, 3.8) is 0 Å². The van der Waals surface area contributed by atoms with E-state index < -0.39 is 23.9 Å². The van der Waals surface area contributed by atoms with E-state index >= 15 is 0 Å². The highest BCUT2D eigenvalue weighted by molar-refractivity contribution is 8.10. The van der Waals surface area contributed by atoms with Crippen molar-refractivity contribution in [2.24, 2.45) is 0 Å². The van der Waals surface area contributed by atoms with Gasteiger partial charge in [-0.05, 0) is 30.7 Å². The van der Waals surface area contributed by atoms with Crippen LogP contribution in [-0.4, -0.2) is 27.7 Å². The first-order valence-electron chi connectivity index (χ1n) is 7.15. The van der Waals surface area contributed by atoms with Crippen LogP contribution in [0, 0.1) is 0 Å². The topological polar surface area (TPSA) is 77.5 Å². The first kappa shape index (κ1) is 16.2. The van der Waals surface area contributed by atoms with Gasteiger partial charge >= 0.3 is 0 Å². The van der Waals surface area contributed by atoms with E-state index in [4.69, 9.17) is 4.74 Å². The van der Waals surface area contributed by atoms with Crippen LogP contribution < -0.4 is 0 Å². The molecule has 0 saturated carbocycles. The van der Waals surface area contributed by atoms with Gasteiger partial charge in [-0.15, -0.1) is 0 Å². The molecule has 0 aromatic heterocycles. The zero-order chi connectivity index (χ0) is 16.6. The molecule has 1 aliphatic heterocycles. The van der Waals surface area contributed by atoms with Crippen LogP contribution in [0.5, 0.6) is 0 Å². The lowest BCUT2D eigenvalue weighted by Crippen LogP contribution is -2.45. The maximum Gasteiger partial charge on any atom is 0.279 e. The SMILES string of the molecule is O=S(=O)(c1ccccc1)C1(S(=O)(=O)c2ccccc2)CCCO1. The summed E-state index contributed by atoms with van der Waals surface area (Å²) < 4.78 is 55.4. The van der Waals surface area contributed by atoms with Gasteiger partial charge in [-0.3, -0.25) is 0 Å². The van der Waals surface area contributed by atoms with Gasteiger partial charge in [-0.2, -0.15) is 0 Å². The van der Waals surface area contributed by atoms with Crippen LogP contribution in [-0.2, 0) is 24.4 Å². The van der Waals surface area contributed by atoms with Crippen molar-refractivity contribution < 1.29 is 21.6 Å². The summed E-state index contributed by atoms with van der Waals surface area (Å²) in [5.74, 6) is 0. The summed E-state index contributed by atoms with van der Waals surface area (Å²) in [6, 6.07) is 15.1. The minimum Gasteiger partial charge on any atom is -0.346 e. The highest BCUT2D eigenvalue weighted by atomic mass is 32.3. The Morgan fingerprint density at radius 3 is 1.52 bits per heavy atom. The molecule has 2 aromatic carbocycles. The average Bonchev–Trinajstić information content (AvgIpc) is 3.09. The molecule has 1 saturated heterocycles. The fourth-order valence-electron chi connectivity index (χ4n) is 2.72. The third-order valence-corrected chi connectivity index (χ3v) is 9.26. The first-order valence-corrected chi connectivity index (χ1v) is 10.1. The van der Waals surface area contributed by atoms with Gasteiger partial charge in [-0.1, -0.05) is 36.4 Å². The minimum atomic E-state index is -4.22. The van der Waals surface area contributed by atoms with Gasteiger partial charge < -0.3 is 4.74 Å². The monoisotopic (exact) mass is 352 g/mol. The second kappa shape index (κ2) is 5.74. The van der Waals surface area contributed by atoms with Crippen molar-refractivity contribution in [2.75, 3.05) is 6.61 Å². The summed E-state index contributed by atoms with van der Waals surface area (Å²) in [4.78, 5) is -0.109. The van der Waals surface area contributed by atoms with E-state index in [2.05, 4.69) is 0 Å². The average molecular weight is 352 g/mol. The Balaban J connectivity index is 2.23. The number of benzene rings is 2. The summed E-state index contributed by atoms with van der Waals surface area (Å²) in [5, 5.41) is 0. The molecule has 0 aliphatic carbocycles. The molecule has 0 unspecified atom stereocenters. The Kier molecular flexibility index (Phi) is 4.03. The number of hydrogen-bond donors (Lipinski definition) is 0. The molecule has 1 fully saturated rings. The highest BCUT2D eigenvalue weighted by Gasteiger charge is 2.59. The van der Waals surface area contributed by atoms with Crippen molar-refractivity contribution in [2.45, 2.75) is 26.9 Å². The van der Waals surface area contributed by atoms with Crippen LogP contribution in [0.4, 0.5) is 0 Å². The molecule has 7 heteroatoms. The number of hydrogen-bond acceptors (Lipinski definition) is 5. The Bertz CT molecular complexity index is 811. The predicted octanol–water partition coefficient (Wildman–Crippen LogP) is 2.40. The van der Waals surface area contributed by atoms with Gasteiger partial charge in [0.05, 0.1) is 9.79 Å². The lowest BCUT2D eigenvalue weighted by molar-refractivity contribution is 0.132. The molecule has 23 heavy (non-hydrogen) atoms. The maximum absolute atomic E-state index is 13.1. The molecule has 5 nitrogen and oxygen atoms in total. The van der Waals surface area contributed by atoms with Gasteiger partial charge in [-0.25, -0.2) is 16.8 Å². The van der Waals surface area contributed by atoms with Crippen molar-refractivity contribution >= 4 is 19.7 Å². The molecule has 0 radical (unpaired) electrons. The van der Waals surface area contributed by atoms with E-state index in [1.807, 2.05) is 0 Å². The van der Waals surface area contributed by atoms with Crippen LogP contribution in [0.2, 0.25) is 0 Å². The van der Waals surface area contributed by atoms with E-state index in [1.54, 1.807) is 36.4 Å². The molecule has 0 spiro atoms. The van der Waals surface area contributed by atoms with Crippen LogP contribution in [0.25, 0.3) is 0 Å². The normalized spacial score (nSPS) is 17.9. The molecular formula is C16H16O5S2. The Morgan fingerprint density at radius 1 is 0.739 bits per heavy atom. The molecule has 1 heterocycles. The lowest BCUT2D eigenvalue weighted by Gasteiger charge is -2.28. The van der Waals surface area contributed by atoms with Crippen LogP contribution in [0.3, 0.4) is 0 Å². The number of ether oxygens (including phenoxy) is 1. The lowest BCUT2D eigenvalue weighted by atomic mass is 10.4. The van der Waals surface area contributed by atoms with E-state index in [0.717, 1.165) is 0 Å². The molecule has 122 valence electrons. The fraction of sp³-hybridized carbons (Fsp3) is 0.250. The zero-order valence-electron chi connectivity index (χ0n) is 12.3. The zero-order valence-corrected chi connectivity index (χ0v) is 13.9. The molecule has 1 aliphatic rings. The van der Waals surface area contributed by atoms with Gasteiger partial charge in [0.25, 0.3) is 4.27 Å². The molecule has 0 N–H and O–H groups in total. The number of rotatable bonds is 4. The molecule has 2 aromatic rings. The van der Waals surface area contributed by atoms with Crippen molar-refractivity contribution in [3.8, 4) is 0 Å². The van der Waals surface area contributed by atoms with E-state index in [0.29, 0.717) is 6.42 Å². The van der Waals surface area contributed by atoms with Gasteiger partial charge in [0, 0.05) is 13.0 Å². The summed E-state index contributed by atoms with van der Waals surface area (Å²) in [6.07, 6.45) is 0.291. The largest absolute Gasteiger partial charge is 0.346 e. The summed E-state index contributed by atoms with van der Waals surface area (Å²) in [5.41, 5.74) is 0. The van der Waals surface area contributed by atoms with Gasteiger partial charge in [0.2, 0.25) is 19.7 Å². The second-order valence-corrected chi connectivity index (χ2v) is 9.80. The molecule has 0 bridgehead atoms. The van der Waals surface area contributed by atoms with E-state index in [1.165, 1.54) is 24.3 Å². The fourth-order valence-corrected chi connectivity index (χ4v) is 7.50. The van der Waals surface area contributed by atoms with Crippen molar-refractivity contribution in [3.05, 3.63) is 60.7 Å². The standard InChI is InChI=1S/C16H16O5S2/c17-22(18,14-8-3-1-4-9-14)16(12-7-13-21-16)23(19,20)15-10-5-2-6-11-15/h1-6,8-11H,7,12-13H2. The third-order valence-electron chi connectivity index (χ3n) is 3.88. The van der Waals surface area contributed by atoms with E-state index in [-0.39, 0.29) is 22.8 Å². The summed E-state index contributed by atoms with van der Waals surface area (Å²) >= 11 is 0. The van der Waals surface area contributed by atoms with Crippen LogP contribution in [0.1, 0.15) is 12.8 Å². The van der Waals surface area contributed by atoms with Crippen molar-refractivity contribution in [1.82, 2.24) is 0 Å². The molecule has 0 amide bonds. The highest BCUT2D eigenvalue weighted by Crippen LogP contribution is 2.43. The molecule has 0 atom stereocenters. The summed E-state index contributed by atoms with van der Waals surface area (Å²) in [7, 11) is -8.43. The van der Waals surface area contributed by atoms with Crippen LogP contribution in [0.15, 0.2) is 70.5 Å². The van der Waals surface area contributed by atoms with Gasteiger partial charge in [0.15, 0.2) is 0 Å². The van der Waals surface area contributed by atoms with Gasteiger partial charge in [0.1, 0.15) is 0 Å². The second-order valence-electron chi connectivity index (χ2n) is 5.27. The number of sulfone groups is 2. The molecule has 3 rings (SSSR count). The van der Waals surface area contributed by atoms with Crippen LogP contribution >= 0.6 is 0 Å². The Morgan fingerprint density at radius 2 is 1.17 bits per heavy atom. The smallest absolute Gasteiger partial charge is 0.279 e. The quantitative estimate of drug-likeness (QED) is 0.844. The van der Waals surface area contributed by atoms with Crippen molar-refractivity contribution in [1.29, 1.82) is 0 Å². The summed E-state index contributed by atoms with van der Waals surface area (Å²) in [6.45, 7) is 0.0954. The van der Waals surface area contributed by atoms with E-state index in [9.17, 15) is 16.8 Å². The first-order chi connectivity index (χ1) is 10.9. The Hall–Kier alpha value is -1.70.